The van der Waals surface area contributed by atoms with Crippen LogP contribution in [0, 0.1) is 16.0 Å². The summed E-state index contributed by atoms with van der Waals surface area (Å²) < 4.78 is 32.0. The lowest BCUT2D eigenvalue weighted by Crippen LogP contribution is -2.39. The third-order valence-electron chi connectivity index (χ3n) is 4.01. The quantitative estimate of drug-likeness (QED) is 0.240. The number of hydrogen-bond acceptors (Lipinski definition) is 7. The monoisotopic (exact) mass is 395 g/mol. The number of benzene rings is 1. The lowest BCUT2D eigenvalue weighted by atomic mass is 9.91. The molecule has 10 heteroatoms. The molecule has 0 unspecified atom stereocenters. The Balaban J connectivity index is 2.53. The average molecular weight is 395 g/mol. The molecule has 2 rings (SSSR count). The molecule has 1 aliphatic rings. The van der Waals surface area contributed by atoms with Crippen LogP contribution < -0.4 is 0 Å². The Morgan fingerprint density at radius 1 is 1.33 bits per heavy atom. The second-order valence-corrected chi connectivity index (χ2v) is 8.00. The van der Waals surface area contributed by atoms with Gasteiger partial charge in [-0.25, -0.2) is 0 Å². The number of para-hydroxylation sites is 1. The summed E-state index contributed by atoms with van der Waals surface area (Å²) in [5.74, 6) is -0.953. The van der Waals surface area contributed by atoms with Gasteiger partial charge in [0, 0.05) is 11.8 Å². The highest BCUT2D eigenvalue weighted by atomic mass is 32.2. The highest BCUT2D eigenvalue weighted by Gasteiger charge is 2.37. The molecule has 0 radical (unpaired) electrons. The van der Waals surface area contributed by atoms with Crippen LogP contribution in [0.1, 0.15) is 26.7 Å². The number of methoxy groups -OCH3 is 1. The number of allylic oxidation sites excluding steroid dienone is 1. The van der Waals surface area contributed by atoms with Crippen molar-refractivity contribution in [1.29, 1.82) is 0 Å². The SMILES string of the molecule is COC(=O)[C@@H]1CC=C[C@H](N(N=C(C)C)S(=O)(=O)c2ccccc2[N+](=O)[O-])C1. The van der Waals surface area contributed by atoms with Crippen LogP contribution in [0.2, 0.25) is 0 Å². The zero-order valence-corrected chi connectivity index (χ0v) is 16.0. The van der Waals surface area contributed by atoms with Crippen molar-refractivity contribution in [2.24, 2.45) is 11.0 Å². The molecule has 2 atom stereocenters. The predicted molar refractivity (Wildman–Crippen MR) is 98.6 cm³/mol. The summed E-state index contributed by atoms with van der Waals surface area (Å²) in [6, 6.07) is 4.34. The minimum atomic E-state index is -4.33. The van der Waals surface area contributed by atoms with Gasteiger partial charge in [-0.15, -0.1) is 0 Å². The molecule has 0 amide bonds. The topological polar surface area (TPSA) is 119 Å². The van der Waals surface area contributed by atoms with Gasteiger partial charge in [-0.1, -0.05) is 24.3 Å². The fourth-order valence-electron chi connectivity index (χ4n) is 2.82. The van der Waals surface area contributed by atoms with Crippen molar-refractivity contribution in [2.45, 2.75) is 37.6 Å². The lowest BCUT2D eigenvalue weighted by molar-refractivity contribution is -0.387. The van der Waals surface area contributed by atoms with Crippen LogP contribution in [0.4, 0.5) is 5.69 Å². The number of rotatable bonds is 6. The molecule has 1 aromatic rings. The fourth-order valence-corrected chi connectivity index (χ4v) is 4.46. The summed E-state index contributed by atoms with van der Waals surface area (Å²) >= 11 is 0. The summed E-state index contributed by atoms with van der Waals surface area (Å²) in [5, 5.41) is 15.4. The first-order chi connectivity index (χ1) is 12.7. The van der Waals surface area contributed by atoms with Crippen LogP contribution in [0.25, 0.3) is 0 Å². The average Bonchev–Trinajstić information content (AvgIpc) is 2.65. The first kappa shape index (κ1) is 20.6. The number of nitrogens with zero attached hydrogens (tertiary/aromatic N) is 3. The minimum absolute atomic E-state index is 0.166. The zero-order chi connectivity index (χ0) is 20.2. The number of ether oxygens (including phenoxy) is 1. The van der Waals surface area contributed by atoms with E-state index in [2.05, 4.69) is 5.10 Å². The zero-order valence-electron chi connectivity index (χ0n) is 15.2. The van der Waals surface area contributed by atoms with Crippen molar-refractivity contribution in [2.75, 3.05) is 7.11 Å². The maximum atomic E-state index is 13.2. The van der Waals surface area contributed by atoms with E-state index in [1.165, 1.54) is 25.3 Å². The Hall–Kier alpha value is -2.75. The molecule has 0 saturated carbocycles. The van der Waals surface area contributed by atoms with Gasteiger partial charge in [0.05, 0.1) is 24.0 Å². The number of esters is 1. The molecule has 0 N–H and O–H groups in total. The van der Waals surface area contributed by atoms with E-state index in [-0.39, 0.29) is 6.42 Å². The summed E-state index contributed by atoms with van der Waals surface area (Å²) in [7, 11) is -3.06. The predicted octanol–water partition coefficient (Wildman–Crippen LogP) is 2.49. The molecule has 0 aliphatic heterocycles. The van der Waals surface area contributed by atoms with E-state index >= 15 is 0 Å². The number of hydrazone groups is 1. The third-order valence-corrected chi connectivity index (χ3v) is 5.75. The van der Waals surface area contributed by atoms with Crippen molar-refractivity contribution >= 4 is 27.4 Å². The van der Waals surface area contributed by atoms with Gasteiger partial charge >= 0.3 is 5.97 Å². The van der Waals surface area contributed by atoms with E-state index in [4.69, 9.17) is 4.74 Å². The Morgan fingerprint density at radius 2 is 2.00 bits per heavy atom. The molecule has 0 bridgehead atoms. The first-order valence-electron chi connectivity index (χ1n) is 8.22. The lowest BCUT2D eigenvalue weighted by Gasteiger charge is -2.31. The Kier molecular flexibility index (Phi) is 6.32. The number of carbonyl (C=O) groups is 1. The number of carbonyl (C=O) groups excluding carboxylic acids is 1. The molecule has 0 fully saturated rings. The Bertz CT molecular complexity index is 890. The normalized spacial score (nSPS) is 19.2. The summed E-state index contributed by atoms with van der Waals surface area (Å²) in [5.41, 5.74) is -0.0819. The Morgan fingerprint density at radius 3 is 2.59 bits per heavy atom. The highest BCUT2D eigenvalue weighted by molar-refractivity contribution is 7.89. The van der Waals surface area contributed by atoms with Gasteiger partial charge in [-0.3, -0.25) is 14.9 Å². The van der Waals surface area contributed by atoms with Crippen molar-refractivity contribution in [1.82, 2.24) is 4.41 Å². The van der Waals surface area contributed by atoms with E-state index in [9.17, 15) is 23.3 Å². The second-order valence-electron chi connectivity index (χ2n) is 6.24. The molecule has 1 aliphatic carbocycles. The molecule has 1 aromatic carbocycles. The summed E-state index contributed by atoms with van der Waals surface area (Å²) in [6.45, 7) is 3.23. The largest absolute Gasteiger partial charge is 0.469 e. The van der Waals surface area contributed by atoms with Crippen LogP contribution in [0.15, 0.2) is 46.4 Å². The van der Waals surface area contributed by atoms with Crippen molar-refractivity contribution in [3.05, 3.63) is 46.5 Å². The second kappa shape index (κ2) is 8.30. The van der Waals surface area contributed by atoms with Gasteiger partial charge in [0.15, 0.2) is 4.90 Å². The summed E-state index contributed by atoms with van der Waals surface area (Å²) in [6.07, 6.45) is 3.92. The number of nitro groups is 1. The molecule has 0 saturated heterocycles. The minimum Gasteiger partial charge on any atom is -0.469 e. The fraction of sp³-hybridized carbons (Fsp3) is 0.412. The van der Waals surface area contributed by atoms with E-state index < -0.39 is 43.5 Å². The van der Waals surface area contributed by atoms with E-state index in [0.717, 1.165) is 10.5 Å². The smallest absolute Gasteiger partial charge is 0.309 e. The van der Waals surface area contributed by atoms with Gasteiger partial charge < -0.3 is 4.74 Å². The van der Waals surface area contributed by atoms with Crippen LogP contribution in [-0.4, -0.2) is 42.6 Å². The maximum absolute atomic E-state index is 13.2. The highest BCUT2D eigenvalue weighted by Crippen LogP contribution is 2.32. The van der Waals surface area contributed by atoms with Crippen LogP contribution in [0.5, 0.6) is 0 Å². The standard InChI is InChI=1S/C17H21N3O6S/c1-12(2)18-19(14-8-6-7-13(11-14)17(21)26-3)27(24,25)16-10-5-4-9-15(16)20(22)23/h4-6,8-10,13-14H,7,11H2,1-3H3/t13-,14+/m1/s1. The van der Waals surface area contributed by atoms with Gasteiger partial charge in [-0.05, 0) is 32.8 Å². The molecule has 9 nitrogen and oxygen atoms in total. The molecular formula is C17H21N3O6S. The van der Waals surface area contributed by atoms with Gasteiger partial charge in [-0.2, -0.15) is 17.9 Å². The van der Waals surface area contributed by atoms with Crippen molar-refractivity contribution in [3.63, 3.8) is 0 Å². The molecule has 0 spiro atoms. The third kappa shape index (κ3) is 4.51. The van der Waals surface area contributed by atoms with Crippen LogP contribution in [0.3, 0.4) is 0 Å². The Labute approximate surface area is 157 Å². The number of nitro benzene ring substituents is 1. The van der Waals surface area contributed by atoms with Crippen LogP contribution in [-0.2, 0) is 19.6 Å². The maximum Gasteiger partial charge on any atom is 0.309 e. The van der Waals surface area contributed by atoms with E-state index in [1.807, 2.05) is 0 Å². The van der Waals surface area contributed by atoms with Gasteiger partial charge in [0.1, 0.15) is 0 Å². The number of sulfonamides is 1. The van der Waals surface area contributed by atoms with E-state index in [0.29, 0.717) is 12.1 Å². The molecule has 0 heterocycles. The first-order valence-corrected chi connectivity index (χ1v) is 9.66. The van der Waals surface area contributed by atoms with Crippen molar-refractivity contribution < 1.29 is 22.9 Å². The van der Waals surface area contributed by atoms with E-state index in [1.54, 1.807) is 26.0 Å². The molecular weight excluding hydrogens is 374 g/mol. The molecule has 0 aromatic heterocycles. The molecule has 146 valence electrons. The van der Waals surface area contributed by atoms with Gasteiger partial charge in [0.25, 0.3) is 15.7 Å². The molecule has 27 heavy (non-hydrogen) atoms. The van der Waals surface area contributed by atoms with Gasteiger partial charge in [0.2, 0.25) is 0 Å². The van der Waals surface area contributed by atoms with Crippen LogP contribution >= 0.6 is 0 Å². The summed E-state index contributed by atoms with van der Waals surface area (Å²) in [4.78, 5) is 22.0. The number of hydrogen-bond donors (Lipinski definition) is 0. The van der Waals surface area contributed by atoms with Crippen molar-refractivity contribution in [3.8, 4) is 0 Å².